The van der Waals surface area contributed by atoms with Crippen molar-refractivity contribution in [1.82, 2.24) is 0 Å². The van der Waals surface area contributed by atoms with Crippen LogP contribution < -0.4 is 9.47 Å². The van der Waals surface area contributed by atoms with Crippen LogP contribution in [0.2, 0.25) is 0 Å². The summed E-state index contributed by atoms with van der Waals surface area (Å²) >= 11 is 0. The van der Waals surface area contributed by atoms with Crippen LogP contribution in [0.5, 0.6) is 11.5 Å². The molecule has 0 aliphatic heterocycles. The first-order valence-electron chi connectivity index (χ1n) is 7.94. The molecule has 0 spiro atoms. The Bertz CT molecular complexity index is 722. The SMILES string of the molecule is COCCOc1ccc(/C(C)=C/C(=O)O)c(OCc2ccccc2)c1. The predicted octanol–water partition coefficient (Wildman–Crippen LogP) is 3.78. The van der Waals surface area contributed by atoms with Gasteiger partial charge in [-0.25, -0.2) is 4.79 Å². The Balaban J connectivity index is 2.23. The van der Waals surface area contributed by atoms with Gasteiger partial charge in [-0.2, -0.15) is 0 Å². The fourth-order valence-corrected chi connectivity index (χ4v) is 2.28. The maximum absolute atomic E-state index is 11.0. The van der Waals surface area contributed by atoms with Gasteiger partial charge in [0.1, 0.15) is 24.7 Å². The van der Waals surface area contributed by atoms with Crippen molar-refractivity contribution >= 4 is 11.5 Å². The summed E-state index contributed by atoms with van der Waals surface area (Å²) in [5, 5.41) is 8.99. The topological polar surface area (TPSA) is 65.0 Å². The van der Waals surface area contributed by atoms with Gasteiger partial charge >= 0.3 is 5.97 Å². The van der Waals surface area contributed by atoms with E-state index >= 15 is 0 Å². The van der Waals surface area contributed by atoms with E-state index in [0.717, 1.165) is 17.2 Å². The van der Waals surface area contributed by atoms with Gasteiger partial charge in [-0.3, -0.25) is 0 Å². The zero-order valence-electron chi connectivity index (χ0n) is 14.4. The zero-order valence-corrected chi connectivity index (χ0v) is 14.4. The first kappa shape index (κ1) is 18.5. The van der Waals surface area contributed by atoms with Crippen LogP contribution in [0.25, 0.3) is 5.57 Å². The van der Waals surface area contributed by atoms with Crippen molar-refractivity contribution in [2.24, 2.45) is 0 Å². The van der Waals surface area contributed by atoms with Crippen LogP contribution >= 0.6 is 0 Å². The molecule has 25 heavy (non-hydrogen) atoms. The molecule has 0 amide bonds. The molecule has 5 nitrogen and oxygen atoms in total. The minimum atomic E-state index is -0.994. The molecule has 0 atom stereocenters. The van der Waals surface area contributed by atoms with E-state index in [-0.39, 0.29) is 0 Å². The monoisotopic (exact) mass is 342 g/mol. The van der Waals surface area contributed by atoms with Gasteiger partial charge in [0, 0.05) is 24.8 Å². The average molecular weight is 342 g/mol. The predicted molar refractivity (Wildman–Crippen MR) is 95.9 cm³/mol. The van der Waals surface area contributed by atoms with Gasteiger partial charge in [-0.1, -0.05) is 30.3 Å². The second-order valence-corrected chi connectivity index (χ2v) is 5.44. The maximum Gasteiger partial charge on any atom is 0.328 e. The van der Waals surface area contributed by atoms with E-state index in [4.69, 9.17) is 19.3 Å². The van der Waals surface area contributed by atoms with E-state index < -0.39 is 5.97 Å². The van der Waals surface area contributed by atoms with Crippen LogP contribution in [-0.2, 0) is 16.1 Å². The number of benzene rings is 2. The van der Waals surface area contributed by atoms with Crippen LogP contribution in [0.3, 0.4) is 0 Å². The number of carboxylic acids is 1. The molecule has 0 aromatic heterocycles. The Hall–Kier alpha value is -2.79. The molecular weight excluding hydrogens is 320 g/mol. The molecule has 0 fully saturated rings. The number of allylic oxidation sites excluding steroid dienone is 1. The van der Waals surface area contributed by atoms with Crippen LogP contribution in [0, 0.1) is 0 Å². The molecular formula is C20H22O5. The van der Waals surface area contributed by atoms with E-state index in [1.165, 1.54) is 0 Å². The molecule has 2 aromatic rings. The quantitative estimate of drug-likeness (QED) is 0.555. The summed E-state index contributed by atoms with van der Waals surface area (Å²) in [7, 11) is 1.61. The number of carboxylic acid groups (broad SMARTS) is 1. The van der Waals surface area contributed by atoms with E-state index in [2.05, 4.69) is 0 Å². The number of carbonyl (C=O) groups is 1. The standard InChI is InChI=1S/C20H22O5/c1-15(12-20(21)22)18-9-8-17(24-11-10-23-2)13-19(18)25-14-16-6-4-3-5-7-16/h3-9,12-13H,10-11,14H2,1-2H3,(H,21,22)/b15-12+. The average Bonchev–Trinajstić information content (AvgIpc) is 2.60. The molecule has 0 aliphatic carbocycles. The molecule has 0 heterocycles. The zero-order chi connectivity index (χ0) is 18.1. The van der Waals surface area contributed by atoms with Crippen molar-refractivity contribution in [3.05, 3.63) is 65.7 Å². The molecule has 1 N–H and O–H groups in total. The van der Waals surface area contributed by atoms with Crippen molar-refractivity contribution in [2.75, 3.05) is 20.3 Å². The van der Waals surface area contributed by atoms with E-state index in [9.17, 15) is 4.79 Å². The van der Waals surface area contributed by atoms with Gasteiger partial charge in [-0.05, 0) is 30.2 Å². The Morgan fingerprint density at radius 2 is 1.84 bits per heavy atom. The highest BCUT2D eigenvalue weighted by Gasteiger charge is 2.10. The van der Waals surface area contributed by atoms with Gasteiger partial charge < -0.3 is 19.3 Å². The number of rotatable bonds is 9. The highest BCUT2D eigenvalue weighted by atomic mass is 16.5. The largest absolute Gasteiger partial charge is 0.491 e. The van der Waals surface area contributed by atoms with E-state index in [0.29, 0.717) is 36.9 Å². The van der Waals surface area contributed by atoms with Crippen LogP contribution in [0.4, 0.5) is 0 Å². The van der Waals surface area contributed by atoms with Gasteiger partial charge in [-0.15, -0.1) is 0 Å². The summed E-state index contributed by atoms with van der Waals surface area (Å²) in [6.45, 7) is 3.04. The summed E-state index contributed by atoms with van der Waals surface area (Å²) < 4.78 is 16.5. The van der Waals surface area contributed by atoms with Gasteiger partial charge in [0.15, 0.2) is 0 Å². The molecule has 2 rings (SSSR count). The third kappa shape index (κ3) is 5.97. The number of hydrogen-bond acceptors (Lipinski definition) is 4. The minimum Gasteiger partial charge on any atom is -0.491 e. The summed E-state index contributed by atoms with van der Waals surface area (Å²) in [4.78, 5) is 11.0. The molecule has 0 radical (unpaired) electrons. The van der Waals surface area contributed by atoms with E-state index in [1.54, 1.807) is 32.2 Å². The lowest BCUT2D eigenvalue weighted by Gasteiger charge is -2.14. The molecule has 5 heteroatoms. The lowest BCUT2D eigenvalue weighted by Crippen LogP contribution is -2.05. The minimum absolute atomic E-state index is 0.385. The number of hydrogen-bond donors (Lipinski definition) is 1. The number of aliphatic carboxylic acids is 1. The van der Waals surface area contributed by atoms with Crippen LogP contribution in [-0.4, -0.2) is 31.4 Å². The van der Waals surface area contributed by atoms with Crippen molar-refractivity contribution in [1.29, 1.82) is 0 Å². The number of ether oxygens (including phenoxy) is 3. The third-order valence-electron chi connectivity index (χ3n) is 3.51. The molecule has 0 aliphatic rings. The molecule has 0 unspecified atom stereocenters. The Labute approximate surface area is 147 Å². The summed E-state index contributed by atoms with van der Waals surface area (Å²) in [5.41, 5.74) is 2.36. The second-order valence-electron chi connectivity index (χ2n) is 5.44. The maximum atomic E-state index is 11.0. The van der Waals surface area contributed by atoms with Crippen molar-refractivity contribution in [3.8, 4) is 11.5 Å². The van der Waals surface area contributed by atoms with Crippen molar-refractivity contribution in [2.45, 2.75) is 13.5 Å². The Morgan fingerprint density at radius 3 is 2.52 bits per heavy atom. The van der Waals surface area contributed by atoms with Gasteiger partial charge in [0.05, 0.1) is 6.61 Å². The molecule has 132 valence electrons. The van der Waals surface area contributed by atoms with Gasteiger partial charge in [0.25, 0.3) is 0 Å². The second kappa shape index (κ2) is 9.49. The Morgan fingerprint density at radius 1 is 1.08 bits per heavy atom. The lowest BCUT2D eigenvalue weighted by atomic mass is 10.1. The highest BCUT2D eigenvalue weighted by Crippen LogP contribution is 2.31. The highest BCUT2D eigenvalue weighted by molar-refractivity contribution is 5.90. The van der Waals surface area contributed by atoms with Crippen molar-refractivity contribution in [3.63, 3.8) is 0 Å². The fraction of sp³-hybridized carbons (Fsp3) is 0.250. The van der Waals surface area contributed by atoms with E-state index in [1.807, 2.05) is 30.3 Å². The first-order valence-corrected chi connectivity index (χ1v) is 7.94. The Kier molecular flexibility index (Phi) is 7.04. The van der Waals surface area contributed by atoms with Crippen LogP contribution in [0.1, 0.15) is 18.1 Å². The normalized spacial score (nSPS) is 11.2. The number of methoxy groups -OCH3 is 1. The molecule has 2 aromatic carbocycles. The molecule has 0 bridgehead atoms. The molecule has 0 saturated heterocycles. The van der Waals surface area contributed by atoms with Crippen molar-refractivity contribution < 1.29 is 24.1 Å². The smallest absolute Gasteiger partial charge is 0.328 e. The molecule has 0 saturated carbocycles. The van der Waals surface area contributed by atoms with Gasteiger partial charge in [0.2, 0.25) is 0 Å². The first-order chi connectivity index (χ1) is 12.1. The third-order valence-corrected chi connectivity index (χ3v) is 3.51. The fourth-order valence-electron chi connectivity index (χ4n) is 2.28. The van der Waals surface area contributed by atoms with Crippen LogP contribution in [0.15, 0.2) is 54.6 Å². The summed E-state index contributed by atoms with van der Waals surface area (Å²) in [5.74, 6) is 0.229. The lowest BCUT2D eigenvalue weighted by molar-refractivity contribution is -0.131. The summed E-state index contributed by atoms with van der Waals surface area (Å²) in [6, 6.07) is 15.1. The summed E-state index contributed by atoms with van der Waals surface area (Å²) in [6.07, 6.45) is 1.16.